The van der Waals surface area contributed by atoms with Crippen LogP contribution in [0.1, 0.15) is 26.2 Å². The number of unbranched alkanes of at least 4 members (excludes halogenated alkanes) is 2. The van der Waals surface area contributed by atoms with E-state index in [9.17, 15) is 9.59 Å². The molecule has 0 radical (unpaired) electrons. The molecule has 3 heterocycles. The number of carbonyl (C=O) groups is 1. The lowest BCUT2D eigenvalue weighted by molar-refractivity contribution is -0.121. The van der Waals surface area contributed by atoms with E-state index >= 15 is 0 Å². The van der Waals surface area contributed by atoms with Crippen molar-refractivity contribution in [3.8, 4) is 10.4 Å². The predicted molar refractivity (Wildman–Crippen MR) is 99.7 cm³/mol. The maximum Gasteiger partial charge on any atom is 0.263 e. The zero-order valence-corrected chi connectivity index (χ0v) is 15.1. The molecular weight excluding hydrogens is 342 g/mol. The Morgan fingerprint density at radius 1 is 1.33 bits per heavy atom. The standard InChI is InChI=1S/C17H19N3O2S2/c1-2-3-4-7-18-14(21)9-20-11-19-16-15(17(20)22)12(10-24-16)13-6-5-8-23-13/h5-6,8,10-11H,2-4,7,9H2,1H3,(H,18,21). The van der Waals surface area contributed by atoms with Crippen molar-refractivity contribution in [2.45, 2.75) is 32.7 Å². The summed E-state index contributed by atoms with van der Waals surface area (Å²) in [4.78, 5) is 30.9. The maximum atomic E-state index is 12.8. The minimum Gasteiger partial charge on any atom is -0.355 e. The highest BCUT2D eigenvalue weighted by Gasteiger charge is 2.15. The number of fused-ring (bicyclic) bond motifs is 1. The Morgan fingerprint density at radius 2 is 2.21 bits per heavy atom. The molecule has 0 spiro atoms. The minimum absolute atomic E-state index is 0.00756. The van der Waals surface area contributed by atoms with Crippen LogP contribution in [-0.4, -0.2) is 22.0 Å². The Bertz CT molecular complexity index is 881. The van der Waals surface area contributed by atoms with Crippen molar-refractivity contribution in [3.05, 3.63) is 39.6 Å². The molecule has 0 saturated heterocycles. The largest absolute Gasteiger partial charge is 0.355 e. The highest BCUT2D eigenvalue weighted by Crippen LogP contribution is 2.33. The van der Waals surface area contributed by atoms with Gasteiger partial charge in [0.05, 0.1) is 11.7 Å². The molecule has 5 nitrogen and oxygen atoms in total. The second kappa shape index (κ2) is 7.72. The van der Waals surface area contributed by atoms with Crippen molar-refractivity contribution in [1.29, 1.82) is 0 Å². The third-order valence-corrected chi connectivity index (χ3v) is 5.55. The lowest BCUT2D eigenvalue weighted by Gasteiger charge is -2.07. The number of hydrogen-bond acceptors (Lipinski definition) is 5. The van der Waals surface area contributed by atoms with Crippen molar-refractivity contribution < 1.29 is 4.79 Å². The fraction of sp³-hybridized carbons (Fsp3) is 0.353. The van der Waals surface area contributed by atoms with Crippen LogP contribution in [0.25, 0.3) is 20.7 Å². The molecule has 0 saturated carbocycles. The SMILES string of the molecule is CCCCCNC(=O)Cn1cnc2scc(-c3cccs3)c2c1=O. The van der Waals surface area contributed by atoms with Gasteiger partial charge in [0.2, 0.25) is 5.91 Å². The van der Waals surface area contributed by atoms with Crippen molar-refractivity contribution in [1.82, 2.24) is 14.9 Å². The number of rotatable bonds is 7. The average molecular weight is 361 g/mol. The van der Waals surface area contributed by atoms with Gasteiger partial charge in [-0.25, -0.2) is 4.98 Å². The normalized spacial score (nSPS) is 11.0. The Kier molecular flexibility index (Phi) is 5.42. The first-order valence-corrected chi connectivity index (χ1v) is 9.74. The fourth-order valence-corrected chi connectivity index (χ4v) is 4.23. The summed E-state index contributed by atoms with van der Waals surface area (Å²) in [6.07, 6.45) is 4.62. The molecule has 0 aromatic carbocycles. The first-order valence-electron chi connectivity index (χ1n) is 7.98. The third-order valence-electron chi connectivity index (χ3n) is 3.76. The average Bonchev–Trinajstić information content (AvgIpc) is 3.23. The van der Waals surface area contributed by atoms with Crippen LogP contribution < -0.4 is 10.9 Å². The van der Waals surface area contributed by atoms with Crippen molar-refractivity contribution in [2.75, 3.05) is 6.54 Å². The Hall–Kier alpha value is -1.99. The first kappa shape index (κ1) is 16.9. The zero-order valence-electron chi connectivity index (χ0n) is 13.4. The molecule has 1 N–H and O–H groups in total. The molecular formula is C17H19N3O2S2. The lowest BCUT2D eigenvalue weighted by atomic mass is 10.2. The summed E-state index contributed by atoms with van der Waals surface area (Å²) in [6.45, 7) is 2.78. The van der Waals surface area contributed by atoms with Crippen molar-refractivity contribution >= 4 is 38.8 Å². The van der Waals surface area contributed by atoms with Gasteiger partial charge in [0.15, 0.2) is 0 Å². The maximum absolute atomic E-state index is 12.8. The number of nitrogens with zero attached hydrogens (tertiary/aromatic N) is 2. The van der Waals surface area contributed by atoms with Gasteiger partial charge in [0.25, 0.3) is 5.56 Å². The molecule has 7 heteroatoms. The summed E-state index contributed by atoms with van der Waals surface area (Å²) >= 11 is 3.05. The molecule has 24 heavy (non-hydrogen) atoms. The second-order valence-electron chi connectivity index (χ2n) is 5.54. The highest BCUT2D eigenvalue weighted by molar-refractivity contribution is 7.18. The van der Waals surface area contributed by atoms with Crippen LogP contribution >= 0.6 is 22.7 Å². The molecule has 3 aromatic heterocycles. The van der Waals surface area contributed by atoms with Gasteiger partial charge >= 0.3 is 0 Å². The van der Waals surface area contributed by atoms with Gasteiger partial charge in [0, 0.05) is 22.4 Å². The van der Waals surface area contributed by atoms with E-state index in [0.29, 0.717) is 16.8 Å². The summed E-state index contributed by atoms with van der Waals surface area (Å²) in [7, 11) is 0. The summed E-state index contributed by atoms with van der Waals surface area (Å²) in [5.74, 6) is -0.151. The molecule has 0 aliphatic rings. The topological polar surface area (TPSA) is 64.0 Å². The Morgan fingerprint density at radius 3 is 2.96 bits per heavy atom. The summed E-state index contributed by atoms with van der Waals surface area (Å²) in [5.41, 5.74) is 0.744. The number of thiophene rings is 2. The van der Waals surface area contributed by atoms with Gasteiger partial charge in [-0.2, -0.15) is 0 Å². The fourth-order valence-electron chi connectivity index (χ4n) is 2.51. The van der Waals surface area contributed by atoms with Crippen LogP contribution in [-0.2, 0) is 11.3 Å². The van der Waals surface area contributed by atoms with Crippen LogP contribution in [0.5, 0.6) is 0 Å². The van der Waals surface area contributed by atoms with E-state index in [2.05, 4.69) is 17.2 Å². The minimum atomic E-state index is -0.159. The molecule has 0 atom stereocenters. The predicted octanol–water partition coefficient (Wildman–Crippen LogP) is 3.49. The molecule has 0 aliphatic heterocycles. The second-order valence-corrected chi connectivity index (χ2v) is 7.35. The monoisotopic (exact) mass is 361 g/mol. The number of aromatic nitrogens is 2. The Balaban J connectivity index is 1.82. The molecule has 0 unspecified atom stereocenters. The van der Waals surface area contributed by atoms with Gasteiger partial charge in [-0.3, -0.25) is 14.2 Å². The van der Waals surface area contributed by atoms with Gasteiger partial charge in [-0.1, -0.05) is 25.8 Å². The van der Waals surface area contributed by atoms with E-state index < -0.39 is 0 Å². The molecule has 3 rings (SSSR count). The lowest BCUT2D eigenvalue weighted by Crippen LogP contribution is -2.32. The van der Waals surface area contributed by atoms with E-state index in [-0.39, 0.29) is 18.0 Å². The molecule has 126 valence electrons. The van der Waals surface area contributed by atoms with Crippen LogP contribution in [0.4, 0.5) is 0 Å². The van der Waals surface area contributed by atoms with E-state index in [4.69, 9.17) is 0 Å². The number of hydrogen-bond donors (Lipinski definition) is 1. The third kappa shape index (κ3) is 3.57. The smallest absolute Gasteiger partial charge is 0.263 e. The highest BCUT2D eigenvalue weighted by atomic mass is 32.1. The summed E-state index contributed by atoms with van der Waals surface area (Å²) in [6, 6.07) is 3.95. The van der Waals surface area contributed by atoms with Gasteiger partial charge < -0.3 is 5.32 Å². The van der Waals surface area contributed by atoms with Crippen LogP contribution in [0.15, 0.2) is 34.0 Å². The van der Waals surface area contributed by atoms with E-state index in [1.165, 1.54) is 22.2 Å². The van der Waals surface area contributed by atoms with E-state index in [0.717, 1.165) is 29.7 Å². The van der Waals surface area contributed by atoms with Crippen molar-refractivity contribution in [2.24, 2.45) is 0 Å². The molecule has 0 aliphatic carbocycles. The summed E-state index contributed by atoms with van der Waals surface area (Å²) in [5, 5.41) is 7.40. The number of carbonyl (C=O) groups excluding carboxylic acids is 1. The molecule has 1 amide bonds. The quantitative estimate of drug-likeness (QED) is 0.655. The first-order chi connectivity index (χ1) is 11.7. The van der Waals surface area contributed by atoms with Crippen LogP contribution in [0.2, 0.25) is 0 Å². The molecule has 0 fully saturated rings. The van der Waals surface area contributed by atoms with E-state index in [1.54, 1.807) is 11.3 Å². The number of nitrogens with one attached hydrogen (secondary N) is 1. The molecule has 3 aromatic rings. The van der Waals surface area contributed by atoms with Gasteiger partial charge in [-0.15, -0.1) is 22.7 Å². The van der Waals surface area contributed by atoms with Gasteiger partial charge in [0.1, 0.15) is 11.4 Å². The Labute approximate surface area is 148 Å². The van der Waals surface area contributed by atoms with Crippen LogP contribution in [0, 0.1) is 0 Å². The zero-order chi connectivity index (χ0) is 16.9. The summed E-state index contributed by atoms with van der Waals surface area (Å²) < 4.78 is 1.39. The van der Waals surface area contributed by atoms with E-state index in [1.807, 2.05) is 22.9 Å². The van der Waals surface area contributed by atoms with Crippen LogP contribution in [0.3, 0.4) is 0 Å². The van der Waals surface area contributed by atoms with Gasteiger partial charge in [-0.05, 0) is 17.9 Å². The molecule has 0 bridgehead atoms. The van der Waals surface area contributed by atoms with Crippen molar-refractivity contribution in [3.63, 3.8) is 0 Å². The number of amides is 1.